The number of hydrogen-bond acceptors (Lipinski definition) is 6. The number of likely N-dealkylation sites (tertiary alicyclic amines) is 1. The fraction of sp³-hybridized carbons (Fsp3) is 0.526. The average molecular weight is 408 g/mol. The monoisotopic (exact) mass is 407 g/mol. The first-order valence-electron chi connectivity index (χ1n) is 9.15. The summed E-state index contributed by atoms with van der Waals surface area (Å²) in [6, 6.07) is 7.70. The quantitative estimate of drug-likeness (QED) is 0.797. The summed E-state index contributed by atoms with van der Waals surface area (Å²) in [5.74, 6) is 0.768. The fourth-order valence-corrected chi connectivity index (χ4v) is 6.14. The number of nitrogens with zero attached hydrogens (tertiary/aromatic N) is 2. The Morgan fingerprint density at radius 2 is 2.07 bits per heavy atom. The molecule has 1 N–H and O–H groups in total. The highest BCUT2D eigenvalue weighted by Crippen LogP contribution is 2.54. The molecule has 1 saturated heterocycles. The average Bonchev–Trinajstić information content (AvgIpc) is 3.17. The molecular weight excluding hydrogens is 382 g/mol. The van der Waals surface area contributed by atoms with Crippen molar-refractivity contribution in [3.05, 3.63) is 46.4 Å². The van der Waals surface area contributed by atoms with Crippen molar-refractivity contribution < 1.29 is 13.2 Å². The van der Waals surface area contributed by atoms with Crippen molar-refractivity contribution in [1.82, 2.24) is 9.88 Å². The van der Waals surface area contributed by atoms with Crippen LogP contribution in [0.5, 0.6) is 0 Å². The number of ether oxygens (including phenoxy) is 1. The molecule has 0 radical (unpaired) electrons. The van der Waals surface area contributed by atoms with E-state index in [0.29, 0.717) is 17.5 Å². The van der Waals surface area contributed by atoms with E-state index in [4.69, 9.17) is 4.74 Å². The van der Waals surface area contributed by atoms with Gasteiger partial charge in [0, 0.05) is 49.3 Å². The van der Waals surface area contributed by atoms with Gasteiger partial charge in [0.15, 0.2) is 0 Å². The second-order valence-corrected chi connectivity index (χ2v) is 10.3. The predicted molar refractivity (Wildman–Crippen MR) is 107 cm³/mol. The van der Waals surface area contributed by atoms with Crippen LogP contribution in [0, 0.1) is 11.8 Å². The van der Waals surface area contributed by atoms with E-state index in [2.05, 4.69) is 20.7 Å². The Morgan fingerprint density at radius 1 is 1.33 bits per heavy atom. The van der Waals surface area contributed by atoms with Crippen molar-refractivity contribution in [3.63, 3.8) is 0 Å². The van der Waals surface area contributed by atoms with Crippen LogP contribution in [0.4, 0.5) is 5.69 Å². The molecule has 2 aliphatic rings. The zero-order valence-electron chi connectivity index (χ0n) is 15.6. The first-order valence-corrected chi connectivity index (χ1v) is 11.9. The van der Waals surface area contributed by atoms with Crippen molar-refractivity contribution in [3.8, 4) is 0 Å². The Morgan fingerprint density at radius 3 is 2.67 bits per heavy atom. The number of fused-ring (bicyclic) bond motifs is 2. The van der Waals surface area contributed by atoms with Gasteiger partial charge < -0.3 is 4.74 Å². The van der Waals surface area contributed by atoms with Gasteiger partial charge in [0.25, 0.3) is 0 Å². The summed E-state index contributed by atoms with van der Waals surface area (Å²) in [7, 11) is -1.52. The lowest BCUT2D eigenvalue weighted by molar-refractivity contribution is -0.120. The number of hydrogen-bond donors (Lipinski definition) is 1. The van der Waals surface area contributed by atoms with Crippen LogP contribution in [0.2, 0.25) is 0 Å². The van der Waals surface area contributed by atoms with Gasteiger partial charge in [0.05, 0.1) is 12.8 Å². The van der Waals surface area contributed by atoms with Crippen molar-refractivity contribution in [2.45, 2.75) is 25.0 Å². The van der Waals surface area contributed by atoms with Crippen LogP contribution in [-0.2, 0) is 26.9 Å². The normalized spacial score (nSPS) is 28.4. The predicted octanol–water partition coefficient (Wildman–Crippen LogP) is 2.90. The molecule has 6 nitrogen and oxygen atoms in total. The van der Waals surface area contributed by atoms with Crippen LogP contribution < -0.4 is 4.72 Å². The van der Waals surface area contributed by atoms with Gasteiger partial charge in [-0.1, -0.05) is 12.1 Å². The zero-order chi connectivity index (χ0) is 19.1. The van der Waals surface area contributed by atoms with E-state index in [1.54, 1.807) is 24.5 Å². The summed E-state index contributed by atoms with van der Waals surface area (Å²) in [5.41, 5.74) is 1.31. The lowest BCUT2D eigenvalue weighted by atomic mass is 9.75. The number of sulfonamides is 1. The number of nitrogens with one attached hydrogen (secondary N) is 1. The molecule has 146 valence electrons. The Balaban J connectivity index is 1.61. The van der Waals surface area contributed by atoms with Gasteiger partial charge in [0.2, 0.25) is 10.0 Å². The van der Waals surface area contributed by atoms with E-state index < -0.39 is 10.0 Å². The van der Waals surface area contributed by atoms with Crippen molar-refractivity contribution in [2.24, 2.45) is 11.8 Å². The first kappa shape index (κ1) is 18.9. The minimum Gasteiger partial charge on any atom is -0.373 e. The van der Waals surface area contributed by atoms with Crippen molar-refractivity contribution in [2.75, 3.05) is 31.2 Å². The van der Waals surface area contributed by atoms with Gasteiger partial charge in [-0.25, -0.2) is 13.4 Å². The molecule has 1 saturated carbocycles. The molecule has 2 unspecified atom stereocenters. The highest BCUT2D eigenvalue weighted by molar-refractivity contribution is 7.92. The van der Waals surface area contributed by atoms with E-state index in [0.717, 1.165) is 43.0 Å². The SMILES string of the molecule is COC1(c2cccc(NS(C)(=O)=O)c2)C2CCC1CN(Cc1nccs1)C2. The van der Waals surface area contributed by atoms with E-state index >= 15 is 0 Å². The van der Waals surface area contributed by atoms with Gasteiger partial charge in [-0.2, -0.15) is 0 Å². The molecular formula is C19H25N3O3S2. The Hall–Kier alpha value is -1.48. The van der Waals surface area contributed by atoms with Crippen LogP contribution in [0.25, 0.3) is 0 Å². The molecule has 2 fully saturated rings. The maximum atomic E-state index is 11.6. The maximum absolute atomic E-state index is 11.6. The smallest absolute Gasteiger partial charge is 0.229 e. The second-order valence-electron chi connectivity index (χ2n) is 7.54. The van der Waals surface area contributed by atoms with Crippen LogP contribution in [0.1, 0.15) is 23.4 Å². The Kier molecular flexibility index (Phi) is 5.00. The fourth-order valence-electron chi connectivity index (χ4n) is 4.93. The third kappa shape index (κ3) is 3.63. The van der Waals surface area contributed by atoms with Crippen LogP contribution in [0.15, 0.2) is 35.8 Å². The third-order valence-electron chi connectivity index (χ3n) is 5.83. The maximum Gasteiger partial charge on any atom is 0.229 e. The molecule has 2 atom stereocenters. The number of aromatic nitrogens is 1. The standard InChI is InChI=1S/C19H25N3O3S2/c1-25-19(14-4-3-5-17(10-14)21-27(2,23)24)15-6-7-16(19)12-22(11-15)13-18-20-8-9-26-18/h3-5,8-10,15-16,21H,6-7,11-13H2,1-2H3. The van der Waals surface area contributed by atoms with Crippen LogP contribution in [-0.4, -0.2) is 44.8 Å². The van der Waals surface area contributed by atoms with Gasteiger partial charge in [-0.3, -0.25) is 9.62 Å². The van der Waals surface area contributed by atoms with E-state index in [1.807, 2.05) is 23.7 Å². The lowest BCUT2D eigenvalue weighted by Gasteiger charge is -2.47. The van der Waals surface area contributed by atoms with Gasteiger partial charge in [0.1, 0.15) is 10.6 Å². The van der Waals surface area contributed by atoms with Gasteiger partial charge in [-0.15, -0.1) is 11.3 Å². The first-order chi connectivity index (χ1) is 12.9. The molecule has 2 bridgehead atoms. The molecule has 8 heteroatoms. The number of rotatable bonds is 6. The van der Waals surface area contributed by atoms with Gasteiger partial charge in [-0.05, 0) is 30.5 Å². The Labute approximate surface area is 164 Å². The summed E-state index contributed by atoms with van der Waals surface area (Å²) < 4.78 is 32.0. The largest absolute Gasteiger partial charge is 0.373 e. The molecule has 0 spiro atoms. The highest BCUT2D eigenvalue weighted by atomic mass is 32.2. The number of piperidine rings is 1. The molecule has 1 aliphatic heterocycles. The molecule has 2 heterocycles. The second kappa shape index (κ2) is 7.16. The van der Waals surface area contributed by atoms with Crippen LogP contribution >= 0.6 is 11.3 Å². The van der Waals surface area contributed by atoms with Gasteiger partial charge >= 0.3 is 0 Å². The summed E-state index contributed by atoms with van der Waals surface area (Å²) in [6.07, 6.45) is 5.28. The number of benzene rings is 1. The summed E-state index contributed by atoms with van der Waals surface area (Å²) in [4.78, 5) is 6.90. The zero-order valence-corrected chi connectivity index (χ0v) is 17.2. The van der Waals surface area contributed by atoms with Crippen molar-refractivity contribution in [1.29, 1.82) is 0 Å². The lowest BCUT2D eigenvalue weighted by Crippen LogP contribution is -2.52. The molecule has 1 aromatic carbocycles. The van der Waals surface area contributed by atoms with E-state index in [1.165, 1.54) is 6.26 Å². The summed E-state index contributed by atoms with van der Waals surface area (Å²) >= 11 is 1.70. The molecule has 2 aromatic rings. The van der Waals surface area contributed by atoms with E-state index in [9.17, 15) is 8.42 Å². The molecule has 4 rings (SSSR count). The van der Waals surface area contributed by atoms with E-state index in [-0.39, 0.29) is 5.60 Å². The van der Waals surface area contributed by atoms with Crippen molar-refractivity contribution >= 4 is 27.0 Å². The molecule has 27 heavy (non-hydrogen) atoms. The molecule has 1 aromatic heterocycles. The summed E-state index contributed by atoms with van der Waals surface area (Å²) in [6.45, 7) is 2.82. The summed E-state index contributed by atoms with van der Waals surface area (Å²) in [5, 5.41) is 3.17. The minimum atomic E-state index is -3.31. The molecule has 0 amide bonds. The topological polar surface area (TPSA) is 71.5 Å². The Bertz CT molecular complexity index is 885. The third-order valence-corrected chi connectivity index (χ3v) is 7.20. The number of methoxy groups -OCH3 is 1. The highest BCUT2D eigenvalue weighted by Gasteiger charge is 2.55. The number of anilines is 1. The minimum absolute atomic E-state index is 0.353. The van der Waals surface area contributed by atoms with Crippen LogP contribution in [0.3, 0.4) is 0 Å². The molecule has 1 aliphatic carbocycles. The number of thiazole rings is 1.